The number of nitrogens with zero attached hydrogens (tertiary/aromatic N) is 2. The van der Waals surface area contributed by atoms with Crippen LogP contribution in [0.15, 0.2) is 66.7 Å². The summed E-state index contributed by atoms with van der Waals surface area (Å²) in [6, 6.07) is 22.8. The molecule has 5 aromatic rings. The highest BCUT2D eigenvalue weighted by molar-refractivity contribution is 6.09. The van der Waals surface area contributed by atoms with Gasteiger partial charge in [-0.1, -0.05) is 48.5 Å². The van der Waals surface area contributed by atoms with Crippen LogP contribution in [0.5, 0.6) is 5.75 Å². The molecule has 3 aromatic heterocycles. The van der Waals surface area contributed by atoms with Crippen LogP contribution >= 0.6 is 0 Å². The van der Waals surface area contributed by atoms with Gasteiger partial charge in [-0.2, -0.15) is 0 Å². The van der Waals surface area contributed by atoms with Gasteiger partial charge in [0.1, 0.15) is 11.4 Å². The number of methoxy groups -OCH3 is 1. The third-order valence-electron chi connectivity index (χ3n) is 4.68. The van der Waals surface area contributed by atoms with Gasteiger partial charge in [-0.3, -0.25) is 4.40 Å². The van der Waals surface area contributed by atoms with Crippen LogP contribution in [-0.2, 0) is 0 Å². The standard InChI is InChI=1S/C22H16N2O/c1-25-16-12-9-15(10-13-16)11-14-19-21-8-4-7-20-17-5-2-3-6-18(17)22(23-19)24(20)21/h2-14H,1H3/b14-11+. The van der Waals surface area contributed by atoms with Gasteiger partial charge in [-0.05, 0) is 35.9 Å². The fourth-order valence-electron chi connectivity index (χ4n) is 3.46. The summed E-state index contributed by atoms with van der Waals surface area (Å²) < 4.78 is 7.46. The van der Waals surface area contributed by atoms with Crippen molar-refractivity contribution in [3.8, 4) is 5.75 Å². The Morgan fingerprint density at radius 2 is 1.56 bits per heavy atom. The van der Waals surface area contributed by atoms with E-state index in [2.05, 4.69) is 59.0 Å². The molecular formula is C22H16N2O. The van der Waals surface area contributed by atoms with Crippen molar-refractivity contribution in [1.29, 1.82) is 0 Å². The zero-order valence-electron chi connectivity index (χ0n) is 13.8. The Hall–Kier alpha value is -3.33. The van der Waals surface area contributed by atoms with Gasteiger partial charge in [0.2, 0.25) is 0 Å². The highest BCUT2D eigenvalue weighted by Gasteiger charge is 2.14. The van der Waals surface area contributed by atoms with Crippen LogP contribution in [0.25, 0.3) is 39.6 Å². The minimum Gasteiger partial charge on any atom is -0.497 e. The molecule has 0 aliphatic carbocycles. The average molecular weight is 324 g/mol. The molecule has 3 heterocycles. The first-order valence-electron chi connectivity index (χ1n) is 8.28. The van der Waals surface area contributed by atoms with Crippen LogP contribution in [-0.4, -0.2) is 16.5 Å². The van der Waals surface area contributed by atoms with Crippen LogP contribution in [0.1, 0.15) is 11.3 Å². The molecule has 0 spiro atoms. The van der Waals surface area contributed by atoms with Crippen LogP contribution in [0.3, 0.4) is 0 Å². The summed E-state index contributed by atoms with van der Waals surface area (Å²) >= 11 is 0. The van der Waals surface area contributed by atoms with E-state index in [4.69, 9.17) is 9.72 Å². The molecular weight excluding hydrogens is 308 g/mol. The third kappa shape index (κ3) is 2.09. The summed E-state index contributed by atoms with van der Waals surface area (Å²) in [5.41, 5.74) is 5.48. The molecule has 0 unspecified atom stereocenters. The van der Waals surface area contributed by atoms with Gasteiger partial charge < -0.3 is 4.74 Å². The second-order valence-electron chi connectivity index (χ2n) is 6.10. The lowest BCUT2D eigenvalue weighted by molar-refractivity contribution is 0.415. The number of fused-ring (bicyclic) bond motifs is 3. The van der Waals surface area contributed by atoms with Crippen LogP contribution in [0.2, 0.25) is 0 Å². The average Bonchev–Trinajstić information content (AvgIpc) is 3.20. The molecule has 0 atom stereocenters. The Morgan fingerprint density at radius 3 is 2.36 bits per heavy atom. The minimum absolute atomic E-state index is 0.863. The fraction of sp³-hybridized carbons (Fsp3) is 0.0455. The lowest BCUT2D eigenvalue weighted by atomic mass is 10.1. The van der Waals surface area contributed by atoms with E-state index >= 15 is 0 Å². The molecule has 0 saturated heterocycles. The molecule has 0 aliphatic heterocycles. The number of aromatic nitrogens is 2. The second-order valence-corrected chi connectivity index (χ2v) is 6.10. The molecule has 5 rings (SSSR count). The zero-order valence-corrected chi connectivity index (χ0v) is 13.8. The van der Waals surface area contributed by atoms with Crippen LogP contribution in [0, 0.1) is 0 Å². The molecule has 120 valence electrons. The molecule has 0 bridgehead atoms. The largest absolute Gasteiger partial charge is 0.497 e. The SMILES string of the molecule is COc1ccc(/C=C/c2nc3c4ccccc4c4cccc2n43)cc1. The van der Waals surface area contributed by atoms with Crippen molar-refractivity contribution < 1.29 is 4.74 Å². The number of benzene rings is 2. The molecule has 0 aliphatic rings. The van der Waals surface area contributed by atoms with E-state index in [0.717, 1.165) is 28.2 Å². The van der Waals surface area contributed by atoms with Crippen molar-refractivity contribution in [2.75, 3.05) is 7.11 Å². The Balaban J connectivity index is 1.66. The molecule has 3 heteroatoms. The number of imidazole rings is 1. The summed E-state index contributed by atoms with van der Waals surface area (Å²) in [4.78, 5) is 4.90. The fourth-order valence-corrected chi connectivity index (χ4v) is 3.46. The van der Waals surface area contributed by atoms with Crippen LogP contribution in [0.4, 0.5) is 0 Å². The van der Waals surface area contributed by atoms with Crippen LogP contribution < -0.4 is 4.74 Å². The van der Waals surface area contributed by atoms with Gasteiger partial charge in [-0.15, -0.1) is 0 Å². The molecule has 0 saturated carbocycles. The van der Waals surface area contributed by atoms with Gasteiger partial charge in [0.15, 0.2) is 0 Å². The van der Waals surface area contributed by atoms with E-state index in [9.17, 15) is 0 Å². The topological polar surface area (TPSA) is 26.5 Å². The molecule has 2 aromatic carbocycles. The Morgan fingerprint density at radius 1 is 0.800 bits per heavy atom. The lowest BCUT2D eigenvalue weighted by Gasteiger charge is -1.99. The monoisotopic (exact) mass is 324 g/mol. The van der Waals surface area contributed by atoms with E-state index in [1.807, 2.05) is 24.3 Å². The first kappa shape index (κ1) is 14.1. The highest BCUT2D eigenvalue weighted by Crippen LogP contribution is 2.31. The van der Waals surface area contributed by atoms with Crippen molar-refractivity contribution >= 4 is 39.6 Å². The first-order chi connectivity index (χ1) is 12.3. The smallest absolute Gasteiger partial charge is 0.146 e. The van der Waals surface area contributed by atoms with Gasteiger partial charge in [-0.25, -0.2) is 4.98 Å². The Bertz CT molecular complexity index is 1220. The van der Waals surface area contributed by atoms with Gasteiger partial charge in [0.05, 0.1) is 23.8 Å². The quantitative estimate of drug-likeness (QED) is 0.453. The van der Waals surface area contributed by atoms with Crippen molar-refractivity contribution in [2.24, 2.45) is 0 Å². The predicted octanol–water partition coefficient (Wildman–Crippen LogP) is 5.26. The van der Waals surface area contributed by atoms with Crippen molar-refractivity contribution in [1.82, 2.24) is 9.38 Å². The second kappa shape index (κ2) is 5.35. The highest BCUT2D eigenvalue weighted by atomic mass is 16.5. The number of ether oxygens (including phenoxy) is 1. The molecule has 0 fully saturated rings. The summed E-state index contributed by atoms with van der Waals surface area (Å²) in [7, 11) is 1.68. The number of pyridine rings is 1. The summed E-state index contributed by atoms with van der Waals surface area (Å²) in [6.07, 6.45) is 4.17. The van der Waals surface area contributed by atoms with Gasteiger partial charge >= 0.3 is 0 Å². The lowest BCUT2D eigenvalue weighted by Crippen LogP contribution is -1.82. The van der Waals surface area contributed by atoms with Gasteiger partial charge in [0.25, 0.3) is 0 Å². The number of rotatable bonds is 3. The Kier molecular flexibility index (Phi) is 3.01. The molecule has 0 amide bonds. The maximum atomic E-state index is 5.21. The molecule has 0 radical (unpaired) electrons. The van der Waals surface area contributed by atoms with E-state index in [-0.39, 0.29) is 0 Å². The first-order valence-corrected chi connectivity index (χ1v) is 8.28. The van der Waals surface area contributed by atoms with Crippen molar-refractivity contribution in [3.63, 3.8) is 0 Å². The maximum Gasteiger partial charge on any atom is 0.146 e. The molecule has 0 N–H and O–H groups in total. The predicted molar refractivity (Wildman–Crippen MR) is 103 cm³/mol. The minimum atomic E-state index is 0.863. The van der Waals surface area contributed by atoms with Crippen molar-refractivity contribution in [2.45, 2.75) is 0 Å². The molecule has 3 nitrogen and oxygen atoms in total. The van der Waals surface area contributed by atoms with Gasteiger partial charge in [0, 0.05) is 10.8 Å². The summed E-state index contributed by atoms with van der Waals surface area (Å²) in [6.45, 7) is 0. The maximum absolute atomic E-state index is 5.21. The van der Waals surface area contributed by atoms with Crippen molar-refractivity contribution in [3.05, 3.63) is 78.0 Å². The van der Waals surface area contributed by atoms with E-state index < -0.39 is 0 Å². The Labute approximate surface area is 145 Å². The summed E-state index contributed by atoms with van der Waals surface area (Å²) in [5, 5.41) is 2.45. The van der Waals surface area contributed by atoms with E-state index in [1.54, 1.807) is 7.11 Å². The number of hydrogen-bond acceptors (Lipinski definition) is 2. The zero-order chi connectivity index (χ0) is 16.8. The normalized spacial score (nSPS) is 12.0. The molecule has 25 heavy (non-hydrogen) atoms. The summed E-state index contributed by atoms with van der Waals surface area (Å²) in [5.74, 6) is 0.863. The van der Waals surface area contributed by atoms with E-state index in [1.165, 1.54) is 16.3 Å². The third-order valence-corrected chi connectivity index (χ3v) is 4.68. The number of hydrogen-bond donors (Lipinski definition) is 0. The van der Waals surface area contributed by atoms with E-state index in [0.29, 0.717) is 0 Å².